The summed E-state index contributed by atoms with van der Waals surface area (Å²) in [6, 6.07) is 14.1. The van der Waals surface area contributed by atoms with Gasteiger partial charge in [-0.25, -0.2) is 4.57 Å². The molecule has 0 N–H and O–H groups in total. The van der Waals surface area contributed by atoms with Gasteiger partial charge in [-0.05, 0) is 35.7 Å². The Bertz CT molecular complexity index is 1280. The molecule has 0 bridgehead atoms. The van der Waals surface area contributed by atoms with Crippen molar-refractivity contribution in [2.45, 2.75) is 13.8 Å². The van der Waals surface area contributed by atoms with Crippen molar-refractivity contribution in [3.05, 3.63) is 59.9 Å². The van der Waals surface area contributed by atoms with E-state index in [9.17, 15) is 0 Å². The minimum atomic E-state index is 0.799. The first-order valence-electron chi connectivity index (χ1n) is 8.30. The molecule has 3 aromatic heterocycles. The zero-order valence-corrected chi connectivity index (χ0v) is 14.3. The smallest absolute Gasteiger partial charge is 0.334 e. The Hall–Kier alpha value is -3.14. The van der Waals surface area contributed by atoms with Gasteiger partial charge in [0.25, 0.3) is 0 Å². The van der Waals surface area contributed by atoms with Crippen LogP contribution in [0.3, 0.4) is 0 Å². The molecule has 0 aliphatic heterocycles. The minimum Gasteiger partial charge on any atom is -0.452 e. The quantitative estimate of drug-likeness (QED) is 0.413. The Morgan fingerprint density at radius 3 is 2.52 bits per heavy atom. The lowest BCUT2D eigenvalue weighted by atomic mass is 10.0. The number of hydrogen-bond donors (Lipinski definition) is 0. The minimum absolute atomic E-state index is 0.799. The van der Waals surface area contributed by atoms with Crippen LogP contribution >= 0.6 is 0 Å². The summed E-state index contributed by atoms with van der Waals surface area (Å²) in [4.78, 5) is 4.74. The highest BCUT2D eigenvalue weighted by Crippen LogP contribution is 2.40. The molecule has 2 aromatic carbocycles. The average Bonchev–Trinajstić information content (AvgIpc) is 3.13. The van der Waals surface area contributed by atoms with Crippen molar-refractivity contribution in [2.75, 3.05) is 0 Å². The van der Waals surface area contributed by atoms with E-state index in [1.165, 1.54) is 0 Å². The first-order valence-corrected chi connectivity index (χ1v) is 8.30. The Balaban J connectivity index is 1.94. The van der Waals surface area contributed by atoms with Crippen molar-refractivity contribution in [2.24, 2.45) is 7.05 Å². The van der Waals surface area contributed by atoms with Crippen LogP contribution in [0.2, 0.25) is 0 Å². The van der Waals surface area contributed by atoms with Crippen LogP contribution in [0.5, 0.6) is 0 Å². The fraction of sp³-hybridized carbons (Fsp3) is 0.143. The van der Waals surface area contributed by atoms with Crippen molar-refractivity contribution >= 4 is 33.1 Å². The molecule has 0 fully saturated rings. The molecule has 0 saturated heterocycles. The lowest BCUT2D eigenvalue weighted by Gasteiger charge is -2.04. The van der Waals surface area contributed by atoms with Crippen molar-refractivity contribution in [1.29, 1.82) is 0 Å². The number of nitrogens with zero attached hydrogens (tertiary/aromatic N) is 2. The van der Waals surface area contributed by atoms with Crippen molar-refractivity contribution in [3.8, 4) is 11.4 Å². The number of furan rings is 2. The third-order valence-electron chi connectivity index (χ3n) is 4.74. The van der Waals surface area contributed by atoms with Gasteiger partial charge in [-0.3, -0.25) is 0 Å². The van der Waals surface area contributed by atoms with E-state index < -0.39 is 0 Å². The summed E-state index contributed by atoms with van der Waals surface area (Å²) < 4.78 is 14.4. The second-order valence-corrected chi connectivity index (χ2v) is 6.50. The van der Waals surface area contributed by atoms with E-state index in [-0.39, 0.29) is 0 Å². The summed E-state index contributed by atoms with van der Waals surface area (Å²) in [6.45, 7) is 4.08. The van der Waals surface area contributed by atoms with Crippen LogP contribution < -0.4 is 4.57 Å². The van der Waals surface area contributed by atoms with Crippen LogP contribution in [0.15, 0.2) is 57.5 Å². The molecule has 0 radical (unpaired) electrons. The molecule has 0 spiro atoms. The van der Waals surface area contributed by atoms with E-state index in [2.05, 4.69) is 19.1 Å². The predicted octanol–water partition coefficient (Wildman–Crippen LogP) is 4.84. The third kappa shape index (κ3) is 1.94. The molecule has 0 atom stereocenters. The van der Waals surface area contributed by atoms with Gasteiger partial charge in [-0.1, -0.05) is 18.2 Å². The van der Waals surface area contributed by atoms with Crippen molar-refractivity contribution in [3.63, 3.8) is 0 Å². The number of aryl methyl sites for hydroxylation is 3. The van der Waals surface area contributed by atoms with Gasteiger partial charge in [0.15, 0.2) is 22.4 Å². The number of rotatable bonds is 1. The maximum absolute atomic E-state index is 6.32. The second kappa shape index (κ2) is 4.93. The normalized spacial score (nSPS) is 11.8. The molecular formula is C21H17N2O2+. The van der Waals surface area contributed by atoms with E-state index >= 15 is 0 Å². The highest BCUT2D eigenvalue weighted by atomic mass is 16.4. The average molecular weight is 329 g/mol. The Labute approximate surface area is 144 Å². The summed E-state index contributed by atoms with van der Waals surface area (Å²) in [5, 5.41) is 1.98. The number of para-hydroxylation sites is 1. The van der Waals surface area contributed by atoms with Gasteiger partial charge >= 0.3 is 5.82 Å². The topological polar surface area (TPSA) is 43.0 Å². The van der Waals surface area contributed by atoms with Gasteiger partial charge in [-0.15, -0.1) is 0 Å². The zero-order valence-electron chi connectivity index (χ0n) is 14.3. The molecule has 0 amide bonds. The zero-order chi connectivity index (χ0) is 17.1. The van der Waals surface area contributed by atoms with Crippen LogP contribution in [-0.4, -0.2) is 4.98 Å². The van der Waals surface area contributed by atoms with E-state index in [4.69, 9.17) is 13.8 Å². The number of aromatic nitrogens is 2. The van der Waals surface area contributed by atoms with Gasteiger partial charge in [-0.2, -0.15) is 0 Å². The largest absolute Gasteiger partial charge is 0.452 e. The highest BCUT2D eigenvalue weighted by molar-refractivity contribution is 6.14. The maximum Gasteiger partial charge on any atom is 0.334 e. The number of fused-ring (bicyclic) bond motifs is 5. The molecule has 122 valence electrons. The molecular weight excluding hydrogens is 312 g/mol. The van der Waals surface area contributed by atoms with Crippen LogP contribution in [0.1, 0.15) is 11.3 Å². The molecule has 3 heterocycles. The Kier molecular flexibility index (Phi) is 2.80. The van der Waals surface area contributed by atoms with Crippen molar-refractivity contribution in [1.82, 2.24) is 4.98 Å². The van der Waals surface area contributed by atoms with E-state index in [0.29, 0.717) is 0 Å². The second-order valence-electron chi connectivity index (χ2n) is 6.50. The fourth-order valence-electron chi connectivity index (χ4n) is 3.45. The molecule has 0 aliphatic rings. The molecule has 0 aliphatic carbocycles. The summed E-state index contributed by atoms with van der Waals surface area (Å²) >= 11 is 0. The molecule has 5 aromatic rings. The van der Waals surface area contributed by atoms with Gasteiger partial charge in [0, 0.05) is 13.0 Å². The fourth-order valence-corrected chi connectivity index (χ4v) is 3.45. The third-order valence-corrected chi connectivity index (χ3v) is 4.74. The number of benzene rings is 2. The first-order chi connectivity index (χ1) is 12.1. The lowest BCUT2D eigenvalue weighted by Crippen LogP contribution is -2.32. The summed E-state index contributed by atoms with van der Waals surface area (Å²) in [7, 11) is 2.00. The Morgan fingerprint density at radius 1 is 0.840 bits per heavy atom. The van der Waals surface area contributed by atoms with Gasteiger partial charge in [0.05, 0.1) is 24.0 Å². The summed E-state index contributed by atoms with van der Waals surface area (Å²) in [6.07, 6.45) is 2.03. The maximum atomic E-state index is 6.32. The van der Waals surface area contributed by atoms with Crippen LogP contribution in [-0.2, 0) is 7.05 Å². The predicted molar refractivity (Wildman–Crippen MR) is 97.4 cm³/mol. The molecule has 25 heavy (non-hydrogen) atoms. The SMILES string of the molecule is Cc1cc[n+](C)c(-c2c(C)ccc3c2oc2c4ccccc4oc32)n1. The van der Waals surface area contributed by atoms with E-state index in [1.54, 1.807) is 0 Å². The van der Waals surface area contributed by atoms with Gasteiger partial charge < -0.3 is 8.83 Å². The molecule has 0 saturated carbocycles. The number of hydrogen-bond acceptors (Lipinski definition) is 3. The van der Waals surface area contributed by atoms with Crippen LogP contribution in [0.25, 0.3) is 44.5 Å². The molecule has 4 heteroatoms. The lowest BCUT2D eigenvalue weighted by molar-refractivity contribution is -0.663. The van der Waals surface area contributed by atoms with Crippen LogP contribution in [0, 0.1) is 13.8 Å². The molecule has 5 rings (SSSR count). The summed E-state index contributed by atoms with van der Waals surface area (Å²) in [5.74, 6) is 0.892. The first kappa shape index (κ1) is 14.2. The highest BCUT2D eigenvalue weighted by Gasteiger charge is 2.25. The van der Waals surface area contributed by atoms with Crippen LogP contribution in [0.4, 0.5) is 0 Å². The van der Waals surface area contributed by atoms with Gasteiger partial charge in [0.2, 0.25) is 0 Å². The monoisotopic (exact) mass is 329 g/mol. The van der Waals surface area contributed by atoms with Gasteiger partial charge in [0.1, 0.15) is 11.1 Å². The van der Waals surface area contributed by atoms with E-state index in [0.717, 1.165) is 55.7 Å². The van der Waals surface area contributed by atoms with Crippen molar-refractivity contribution < 1.29 is 13.4 Å². The Morgan fingerprint density at radius 2 is 1.64 bits per heavy atom. The molecule has 4 nitrogen and oxygen atoms in total. The summed E-state index contributed by atoms with van der Waals surface area (Å²) in [5.41, 5.74) is 6.39. The molecule has 0 unspecified atom stereocenters. The standard InChI is InChI=1S/C21H17N2O2/c1-12-8-9-15-18(17(12)21-22-13(2)10-11-23(21)3)25-19-14-6-4-5-7-16(14)24-20(15)19/h4-11H,1-3H3/q+1. The van der Waals surface area contributed by atoms with E-state index in [1.807, 2.05) is 55.1 Å².